The predicted molar refractivity (Wildman–Crippen MR) is 51.2 cm³/mol. The van der Waals surface area contributed by atoms with Gasteiger partial charge in [0, 0.05) is 5.71 Å². The van der Waals surface area contributed by atoms with Crippen LogP contribution >= 0.6 is 0 Å². The van der Waals surface area contributed by atoms with Gasteiger partial charge in [-0.05, 0) is 19.3 Å². The molecule has 0 aromatic rings. The van der Waals surface area contributed by atoms with Crippen LogP contribution in [0.15, 0.2) is 0 Å². The lowest BCUT2D eigenvalue weighted by atomic mass is 10.0. The molecular formula is C8H14F3N3O2. The number of nitrogens with two attached hydrogens (primary N) is 2. The summed E-state index contributed by atoms with van der Waals surface area (Å²) in [4.78, 5) is 10.3. The van der Waals surface area contributed by atoms with E-state index in [0.717, 1.165) is 0 Å². The number of carboxylic acid groups (broad SMARTS) is 1. The topological polar surface area (TPSA) is 113 Å². The lowest BCUT2D eigenvalue weighted by molar-refractivity contribution is -0.138. The smallest absolute Gasteiger partial charge is 0.408 e. The molecule has 94 valence electrons. The third-order valence-corrected chi connectivity index (χ3v) is 2.01. The highest BCUT2D eigenvalue weighted by atomic mass is 19.4. The fraction of sp³-hybridized carbons (Fsp3) is 0.750. The second kappa shape index (κ2) is 5.80. The van der Waals surface area contributed by atoms with Gasteiger partial charge in [-0.3, -0.25) is 4.79 Å². The summed E-state index contributed by atoms with van der Waals surface area (Å²) in [5.74, 6) is -1.22. The largest absolute Gasteiger partial charge is 0.480 e. The molecule has 0 aliphatic rings. The summed E-state index contributed by atoms with van der Waals surface area (Å²) in [5, 5.41) is 15.5. The molecule has 0 bridgehead atoms. The first-order valence-corrected chi connectivity index (χ1v) is 4.54. The van der Waals surface area contributed by atoms with Crippen LogP contribution in [-0.2, 0) is 4.79 Å². The molecule has 0 aromatic carbocycles. The van der Waals surface area contributed by atoms with E-state index in [1.54, 1.807) is 0 Å². The van der Waals surface area contributed by atoms with Gasteiger partial charge in [0.2, 0.25) is 0 Å². The van der Waals surface area contributed by atoms with Gasteiger partial charge in [0.25, 0.3) is 0 Å². The summed E-state index contributed by atoms with van der Waals surface area (Å²) in [6.45, 7) is 0. The van der Waals surface area contributed by atoms with E-state index in [-0.39, 0.29) is 19.3 Å². The SMILES string of the molecule is N=C(CCC[C@H](N)C(=O)O)C(N)C(F)(F)F. The maximum Gasteiger partial charge on any atom is 0.408 e. The summed E-state index contributed by atoms with van der Waals surface area (Å²) in [5.41, 5.74) is 9.25. The molecule has 2 atom stereocenters. The summed E-state index contributed by atoms with van der Waals surface area (Å²) in [7, 11) is 0. The number of halogens is 3. The minimum absolute atomic E-state index is 0.0162. The van der Waals surface area contributed by atoms with Crippen LogP contribution in [0.4, 0.5) is 13.2 Å². The van der Waals surface area contributed by atoms with Crippen LogP contribution < -0.4 is 11.5 Å². The van der Waals surface area contributed by atoms with Gasteiger partial charge in [-0.1, -0.05) is 0 Å². The molecule has 0 radical (unpaired) electrons. The Kier molecular flexibility index (Phi) is 5.39. The molecule has 0 aromatic heterocycles. The summed E-state index contributed by atoms with van der Waals surface area (Å²) in [6.07, 6.45) is -4.73. The average Bonchev–Trinajstić information content (AvgIpc) is 2.14. The highest BCUT2D eigenvalue weighted by Gasteiger charge is 2.39. The van der Waals surface area contributed by atoms with Gasteiger partial charge < -0.3 is 22.0 Å². The van der Waals surface area contributed by atoms with Gasteiger partial charge in [0.05, 0.1) is 0 Å². The van der Waals surface area contributed by atoms with Crippen molar-refractivity contribution in [2.24, 2.45) is 11.5 Å². The van der Waals surface area contributed by atoms with E-state index < -0.39 is 29.9 Å². The molecular weight excluding hydrogens is 227 g/mol. The second-order valence-corrected chi connectivity index (χ2v) is 3.38. The summed E-state index contributed by atoms with van der Waals surface area (Å²) < 4.78 is 36.1. The molecule has 0 spiro atoms. The van der Waals surface area contributed by atoms with E-state index in [0.29, 0.717) is 0 Å². The third-order valence-electron chi connectivity index (χ3n) is 2.01. The fourth-order valence-corrected chi connectivity index (χ4v) is 0.989. The Morgan fingerprint density at radius 2 is 1.88 bits per heavy atom. The van der Waals surface area contributed by atoms with Gasteiger partial charge in [-0.25, -0.2) is 0 Å². The molecule has 16 heavy (non-hydrogen) atoms. The van der Waals surface area contributed by atoms with Crippen LogP contribution in [0.25, 0.3) is 0 Å². The van der Waals surface area contributed by atoms with Crippen molar-refractivity contribution >= 4 is 11.7 Å². The Morgan fingerprint density at radius 3 is 2.25 bits per heavy atom. The van der Waals surface area contributed by atoms with E-state index in [1.165, 1.54) is 0 Å². The Hall–Kier alpha value is -1.15. The summed E-state index contributed by atoms with van der Waals surface area (Å²) >= 11 is 0. The highest BCUT2D eigenvalue weighted by molar-refractivity contribution is 5.87. The van der Waals surface area contributed by atoms with E-state index >= 15 is 0 Å². The lowest BCUT2D eigenvalue weighted by Gasteiger charge is -2.16. The number of rotatable bonds is 6. The zero-order valence-electron chi connectivity index (χ0n) is 8.42. The van der Waals surface area contributed by atoms with Gasteiger partial charge in [0.15, 0.2) is 0 Å². The minimum atomic E-state index is -4.63. The first-order chi connectivity index (χ1) is 7.16. The molecule has 5 nitrogen and oxygen atoms in total. The lowest BCUT2D eigenvalue weighted by Crippen LogP contribution is -2.44. The molecule has 0 saturated carbocycles. The molecule has 8 heteroatoms. The van der Waals surface area contributed by atoms with Crippen molar-refractivity contribution in [1.82, 2.24) is 0 Å². The van der Waals surface area contributed by atoms with Gasteiger partial charge in [-0.15, -0.1) is 0 Å². The average molecular weight is 241 g/mol. The number of carbonyl (C=O) groups is 1. The number of carboxylic acids is 1. The number of nitrogens with one attached hydrogen (secondary N) is 1. The zero-order chi connectivity index (χ0) is 12.9. The van der Waals surface area contributed by atoms with Crippen molar-refractivity contribution < 1.29 is 23.1 Å². The monoisotopic (exact) mass is 241 g/mol. The quantitative estimate of drug-likeness (QED) is 0.506. The first kappa shape index (κ1) is 14.8. The van der Waals surface area contributed by atoms with Crippen molar-refractivity contribution in [2.75, 3.05) is 0 Å². The second-order valence-electron chi connectivity index (χ2n) is 3.38. The standard InChI is InChI=1S/C8H14F3N3O2/c9-8(10,11)6(14)4(12)2-1-3-5(13)7(15)16/h5-6,12H,1-3,13-14H2,(H,15,16)/t5-,6?/m0/s1. The number of hydrogen-bond acceptors (Lipinski definition) is 4. The molecule has 6 N–H and O–H groups in total. The van der Waals surface area contributed by atoms with Crippen LogP contribution in [0.1, 0.15) is 19.3 Å². The van der Waals surface area contributed by atoms with Crippen molar-refractivity contribution in [3.63, 3.8) is 0 Å². The van der Waals surface area contributed by atoms with Crippen LogP contribution in [0, 0.1) is 5.41 Å². The number of alkyl halides is 3. The van der Waals surface area contributed by atoms with Crippen molar-refractivity contribution in [2.45, 2.75) is 37.5 Å². The van der Waals surface area contributed by atoms with Crippen molar-refractivity contribution in [3.8, 4) is 0 Å². The Labute approximate surface area is 90.1 Å². The molecule has 0 aliphatic carbocycles. The predicted octanol–water partition coefficient (Wildman–Crippen LogP) is 0.478. The van der Waals surface area contributed by atoms with Crippen LogP contribution in [0.3, 0.4) is 0 Å². The molecule has 0 rings (SSSR count). The van der Waals surface area contributed by atoms with Crippen LogP contribution in [-0.4, -0.2) is 35.0 Å². The van der Waals surface area contributed by atoms with Gasteiger partial charge >= 0.3 is 12.1 Å². The van der Waals surface area contributed by atoms with Gasteiger partial charge in [0.1, 0.15) is 12.1 Å². The van der Waals surface area contributed by atoms with Crippen LogP contribution in [0.5, 0.6) is 0 Å². The van der Waals surface area contributed by atoms with Crippen molar-refractivity contribution in [3.05, 3.63) is 0 Å². The van der Waals surface area contributed by atoms with Crippen LogP contribution in [0.2, 0.25) is 0 Å². The molecule has 0 saturated heterocycles. The Balaban J connectivity index is 3.96. The van der Waals surface area contributed by atoms with Gasteiger partial charge in [-0.2, -0.15) is 13.2 Å². The number of aliphatic carboxylic acids is 1. The van der Waals surface area contributed by atoms with Crippen molar-refractivity contribution in [1.29, 1.82) is 5.41 Å². The normalized spacial score (nSPS) is 15.6. The molecule has 0 heterocycles. The first-order valence-electron chi connectivity index (χ1n) is 4.54. The Morgan fingerprint density at radius 1 is 1.38 bits per heavy atom. The maximum atomic E-state index is 12.0. The minimum Gasteiger partial charge on any atom is -0.480 e. The van der Waals surface area contributed by atoms with E-state index in [2.05, 4.69) is 0 Å². The van der Waals surface area contributed by atoms with E-state index in [1.807, 2.05) is 0 Å². The zero-order valence-corrected chi connectivity index (χ0v) is 8.42. The van der Waals surface area contributed by atoms with E-state index in [9.17, 15) is 18.0 Å². The molecule has 0 aliphatic heterocycles. The molecule has 1 unspecified atom stereocenters. The highest BCUT2D eigenvalue weighted by Crippen LogP contribution is 2.20. The number of hydrogen-bond donors (Lipinski definition) is 4. The third kappa shape index (κ3) is 5.08. The fourth-order valence-electron chi connectivity index (χ4n) is 0.989. The molecule has 0 amide bonds. The summed E-state index contributed by atoms with van der Waals surface area (Å²) in [6, 6.07) is -3.40. The Bertz CT molecular complexity index is 268. The maximum absolute atomic E-state index is 12.0. The molecule has 0 fully saturated rings. The van der Waals surface area contributed by atoms with E-state index in [4.69, 9.17) is 22.0 Å².